The van der Waals surface area contributed by atoms with Crippen LogP contribution in [0.4, 0.5) is 13.2 Å². The lowest BCUT2D eigenvalue weighted by Crippen LogP contribution is -2.45. The fourth-order valence-corrected chi connectivity index (χ4v) is 2.97. The van der Waals surface area contributed by atoms with Crippen LogP contribution >= 0.6 is 15.9 Å². The summed E-state index contributed by atoms with van der Waals surface area (Å²) < 4.78 is 40.8. The van der Waals surface area contributed by atoms with Crippen LogP contribution in [0.15, 0.2) is 16.7 Å². The Morgan fingerprint density at radius 1 is 1.50 bits per heavy atom. The van der Waals surface area contributed by atoms with Crippen LogP contribution in [0.3, 0.4) is 0 Å². The number of hydrogen-bond donors (Lipinski definition) is 0. The highest BCUT2D eigenvalue weighted by molar-refractivity contribution is 9.10. The summed E-state index contributed by atoms with van der Waals surface area (Å²) in [4.78, 5) is 13.7. The number of carbonyl (C=O) groups is 1. The van der Waals surface area contributed by atoms with Crippen molar-refractivity contribution in [1.29, 1.82) is 0 Å². The second-order valence-electron chi connectivity index (χ2n) is 4.96. The van der Waals surface area contributed by atoms with Gasteiger partial charge in [-0.15, -0.1) is 0 Å². The van der Waals surface area contributed by atoms with Crippen LogP contribution in [0.25, 0.3) is 0 Å². The van der Waals surface area contributed by atoms with Crippen molar-refractivity contribution in [3.8, 4) is 0 Å². The highest BCUT2D eigenvalue weighted by Crippen LogP contribution is 2.33. The highest BCUT2D eigenvalue weighted by atomic mass is 79.9. The molecule has 2 rings (SSSR count). The molecule has 0 N–H and O–H groups in total. The van der Waals surface area contributed by atoms with E-state index in [1.165, 1.54) is 4.90 Å². The lowest BCUT2D eigenvalue weighted by molar-refractivity contribution is -0.184. The minimum Gasteiger partial charge on any atom is -0.343 e. The first-order valence-electron chi connectivity index (χ1n) is 6.54. The molecular weight excluding hydrogens is 337 g/mol. The van der Waals surface area contributed by atoms with Gasteiger partial charge in [0.2, 0.25) is 0 Å². The Balaban J connectivity index is 2.16. The van der Waals surface area contributed by atoms with Gasteiger partial charge in [0, 0.05) is 30.3 Å². The summed E-state index contributed by atoms with van der Waals surface area (Å²) in [5, 5.41) is 0. The quantitative estimate of drug-likeness (QED) is 0.796. The molecule has 0 aliphatic carbocycles. The fraction of sp³-hybridized carbons (Fsp3) is 0.615. The number of likely N-dealkylation sites (tertiary alicyclic amines) is 1. The number of rotatable bonds is 2. The molecule has 7 heteroatoms. The van der Waals surface area contributed by atoms with E-state index < -0.39 is 12.1 Å². The summed E-state index contributed by atoms with van der Waals surface area (Å²) in [6.45, 7) is 2.63. The number of aryl methyl sites for hydroxylation is 1. The molecule has 1 unspecified atom stereocenters. The number of amides is 1. The smallest absolute Gasteiger partial charge is 0.343 e. The van der Waals surface area contributed by atoms with Crippen LogP contribution in [0.1, 0.15) is 30.3 Å². The van der Waals surface area contributed by atoms with Crippen LogP contribution in [-0.2, 0) is 6.54 Å². The van der Waals surface area contributed by atoms with Crippen LogP contribution < -0.4 is 0 Å². The minimum absolute atomic E-state index is 0.103. The average molecular weight is 353 g/mol. The molecule has 3 nitrogen and oxygen atoms in total. The highest BCUT2D eigenvalue weighted by Gasteiger charge is 2.43. The molecule has 1 aliphatic heterocycles. The Bertz CT molecular complexity index is 498. The number of hydrogen-bond acceptors (Lipinski definition) is 1. The topological polar surface area (TPSA) is 25.2 Å². The standard InChI is InChI=1S/C13H16BrF3N2O/c1-2-18-8-10(14)6-11(18)12(20)19-5-3-4-9(7-19)13(15,16)17/h6,8-9H,2-5,7H2,1H3. The van der Waals surface area contributed by atoms with E-state index >= 15 is 0 Å². The Morgan fingerprint density at radius 2 is 2.20 bits per heavy atom. The van der Waals surface area contributed by atoms with Crippen LogP contribution in [0.2, 0.25) is 0 Å². The van der Waals surface area contributed by atoms with Crippen molar-refractivity contribution in [2.24, 2.45) is 5.92 Å². The lowest BCUT2D eigenvalue weighted by Gasteiger charge is -2.33. The molecule has 0 radical (unpaired) electrons. The normalized spacial score (nSPS) is 20.2. The summed E-state index contributed by atoms with van der Waals surface area (Å²) in [6.07, 6.45) is -1.97. The number of nitrogens with zero attached hydrogens (tertiary/aromatic N) is 2. The van der Waals surface area contributed by atoms with Gasteiger partial charge in [-0.2, -0.15) is 13.2 Å². The Hall–Kier alpha value is -0.980. The van der Waals surface area contributed by atoms with Crippen LogP contribution in [0.5, 0.6) is 0 Å². The van der Waals surface area contributed by atoms with Gasteiger partial charge in [-0.25, -0.2) is 0 Å². The number of piperidine rings is 1. The molecule has 20 heavy (non-hydrogen) atoms. The van der Waals surface area contributed by atoms with E-state index in [-0.39, 0.29) is 18.9 Å². The third kappa shape index (κ3) is 3.19. The summed E-state index contributed by atoms with van der Waals surface area (Å²) >= 11 is 3.29. The summed E-state index contributed by atoms with van der Waals surface area (Å²) in [6, 6.07) is 1.66. The maximum atomic E-state index is 12.8. The van der Waals surface area contributed by atoms with Crippen LogP contribution in [0, 0.1) is 5.92 Å². The van der Waals surface area contributed by atoms with Crippen molar-refractivity contribution in [2.75, 3.05) is 13.1 Å². The molecule has 112 valence electrons. The van der Waals surface area contributed by atoms with Crippen LogP contribution in [-0.4, -0.2) is 34.6 Å². The predicted molar refractivity (Wildman–Crippen MR) is 72.5 cm³/mol. The Labute approximate surface area is 123 Å². The number of alkyl halides is 3. The van der Waals surface area contributed by atoms with E-state index in [9.17, 15) is 18.0 Å². The van der Waals surface area contributed by atoms with E-state index in [0.717, 1.165) is 4.47 Å². The van der Waals surface area contributed by atoms with Gasteiger partial charge >= 0.3 is 6.18 Å². The van der Waals surface area contributed by atoms with Gasteiger partial charge in [0.15, 0.2) is 0 Å². The number of carbonyl (C=O) groups excluding carboxylic acids is 1. The van der Waals surface area contributed by atoms with Gasteiger partial charge < -0.3 is 9.47 Å². The molecule has 2 heterocycles. The molecule has 1 fully saturated rings. The largest absolute Gasteiger partial charge is 0.393 e. The maximum absolute atomic E-state index is 12.8. The number of aromatic nitrogens is 1. The minimum atomic E-state index is -4.23. The number of halogens is 4. The first-order valence-corrected chi connectivity index (χ1v) is 7.34. The lowest BCUT2D eigenvalue weighted by atomic mass is 9.97. The molecule has 1 aromatic heterocycles. The molecule has 1 atom stereocenters. The van der Waals surface area contributed by atoms with Gasteiger partial charge in [-0.05, 0) is 41.8 Å². The second-order valence-corrected chi connectivity index (χ2v) is 5.88. The first-order chi connectivity index (χ1) is 9.32. The Kier molecular flexibility index (Phi) is 4.46. The third-order valence-electron chi connectivity index (χ3n) is 3.59. The monoisotopic (exact) mass is 352 g/mol. The zero-order valence-corrected chi connectivity index (χ0v) is 12.7. The fourth-order valence-electron chi connectivity index (χ4n) is 2.51. The van der Waals surface area contributed by atoms with E-state index in [1.807, 2.05) is 6.92 Å². The summed E-state index contributed by atoms with van der Waals surface area (Å²) in [7, 11) is 0. The van der Waals surface area contributed by atoms with Gasteiger partial charge in [-0.1, -0.05) is 0 Å². The van der Waals surface area contributed by atoms with E-state index in [0.29, 0.717) is 25.2 Å². The van der Waals surface area contributed by atoms with Gasteiger partial charge in [-0.3, -0.25) is 4.79 Å². The van der Waals surface area contributed by atoms with Crippen molar-refractivity contribution >= 4 is 21.8 Å². The van der Waals surface area contributed by atoms with E-state index in [2.05, 4.69) is 15.9 Å². The molecular formula is C13H16BrF3N2O. The molecule has 0 aromatic carbocycles. The molecule has 0 spiro atoms. The zero-order chi connectivity index (χ0) is 14.9. The molecule has 0 bridgehead atoms. The van der Waals surface area contributed by atoms with Crippen molar-refractivity contribution in [2.45, 2.75) is 32.5 Å². The van der Waals surface area contributed by atoms with Crippen molar-refractivity contribution < 1.29 is 18.0 Å². The molecule has 1 amide bonds. The average Bonchev–Trinajstić information content (AvgIpc) is 2.78. The first kappa shape index (κ1) is 15.4. The maximum Gasteiger partial charge on any atom is 0.393 e. The molecule has 1 aliphatic rings. The van der Waals surface area contributed by atoms with Crippen molar-refractivity contribution in [1.82, 2.24) is 9.47 Å². The summed E-state index contributed by atoms with van der Waals surface area (Å²) in [5.74, 6) is -1.74. The molecule has 1 saturated heterocycles. The molecule has 1 aromatic rings. The van der Waals surface area contributed by atoms with Crippen molar-refractivity contribution in [3.63, 3.8) is 0 Å². The zero-order valence-electron chi connectivity index (χ0n) is 11.1. The molecule has 0 saturated carbocycles. The van der Waals surface area contributed by atoms with Gasteiger partial charge in [0.05, 0.1) is 5.92 Å². The van der Waals surface area contributed by atoms with E-state index in [4.69, 9.17) is 0 Å². The Morgan fingerprint density at radius 3 is 2.80 bits per heavy atom. The SMILES string of the molecule is CCn1cc(Br)cc1C(=O)N1CCCC(C(F)(F)F)C1. The van der Waals surface area contributed by atoms with Crippen molar-refractivity contribution in [3.05, 3.63) is 22.4 Å². The van der Waals surface area contributed by atoms with E-state index in [1.54, 1.807) is 16.8 Å². The predicted octanol–water partition coefficient (Wildman–Crippen LogP) is 3.69. The second kappa shape index (κ2) is 5.79. The third-order valence-corrected chi connectivity index (χ3v) is 4.03. The summed E-state index contributed by atoms with van der Waals surface area (Å²) in [5.41, 5.74) is 0.433. The van der Waals surface area contributed by atoms with Gasteiger partial charge in [0.25, 0.3) is 5.91 Å². The van der Waals surface area contributed by atoms with Gasteiger partial charge in [0.1, 0.15) is 5.69 Å².